The predicted molar refractivity (Wildman–Crippen MR) is 91.2 cm³/mol. The highest BCUT2D eigenvalue weighted by atomic mass is 15.1. The number of aromatic nitrogens is 3. The van der Waals surface area contributed by atoms with Crippen LogP contribution >= 0.6 is 0 Å². The lowest BCUT2D eigenvalue weighted by Gasteiger charge is -2.10. The smallest absolute Gasteiger partial charge is 0.232 e. The molecule has 3 heteroatoms. The zero-order valence-corrected chi connectivity index (χ0v) is 13.8. The van der Waals surface area contributed by atoms with Crippen LogP contribution in [0.1, 0.15) is 35.1 Å². The van der Waals surface area contributed by atoms with Crippen molar-refractivity contribution in [2.24, 2.45) is 7.05 Å². The lowest BCUT2D eigenvalue weighted by molar-refractivity contribution is -0.674. The maximum absolute atomic E-state index is 4.93. The Labute approximate surface area is 135 Å². The highest BCUT2D eigenvalue weighted by molar-refractivity contribution is 5.90. The van der Waals surface area contributed by atoms with Gasteiger partial charge in [-0.15, -0.1) is 0 Å². The van der Waals surface area contributed by atoms with Crippen LogP contribution in [0, 0.1) is 6.92 Å². The van der Waals surface area contributed by atoms with Crippen LogP contribution in [0.3, 0.4) is 0 Å². The van der Waals surface area contributed by atoms with E-state index in [2.05, 4.69) is 60.5 Å². The average molecular weight is 302 g/mol. The number of hydrogen-bond acceptors (Lipinski definition) is 1. The molecule has 0 spiro atoms. The molecular formula is C20H20N3+. The molecule has 3 nitrogen and oxygen atoms in total. The van der Waals surface area contributed by atoms with Gasteiger partial charge in [-0.05, 0) is 42.2 Å². The van der Waals surface area contributed by atoms with E-state index in [4.69, 9.17) is 4.98 Å². The van der Waals surface area contributed by atoms with Crippen LogP contribution in [0.4, 0.5) is 0 Å². The summed E-state index contributed by atoms with van der Waals surface area (Å²) in [7, 11) is 2.15. The summed E-state index contributed by atoms with van der Waals surface area (Å²) in [6.45, 7) is 4.47. The predicted octanol–water partition coefficient (Wildman–Crippen LogP) is 3.10. The Kier molecular flexibility index (Phi) is 2.45. The molecule has 0 N–H and O–H groups in total. The summed E-state index contributed by atoms with van der Waals surface area (Å²) < 4.78 is 4.70. The molecule has 0 unspecified atom stereocenters. The van der Waals surface area contributed by atoms with Gasteiger partial charge in [0.25, 0.3) is 0 Å². The lowest BCUT2D eigenvalue weighted by atomic mass is 10.0. The van der Waals surface area contributed by atoms with Crippen molar-refractivity contribution in [3.05, 3.63) is 64.2 Å². The van der Waals surface area contributed by atoms with Gasteiger partial charge in [0.1, 0.15) is 18.6 Å². The number of hydrogen-bond donors (Lipinski definition) is 0. The van der Waals surface area contributed by atoms with E-state index < -0.39 is 0 Å². The molecule has 3 heterocycles. The summed E-state index contributed by atoms with van der Waals surface area (Å²) in [6.07, 6.45) is 5.27. The Bertz CT molecular complexity index is 1020. The van der Waals surface area contributed by atoms with Crippen molar-refractivity contribution >= 4 is 16.7 Å². The molecule has 0 saturated heterocycles. The van der Waals surface area contributed by atoms with Crippen molar-refractivity contribution in [3.63, 3.8) is 0 Å². The fraction of sp³-hybridized carbons (Fsp3) is 0.300. The normalized spacial score (nSPS) is 15.3. The van der Waals surface area contributed by atoms with Gasteiger partial charge in [0.05, 0.1) is 11.0 Å². The van der Waals surface area contributed by atoms with Crippen LogP contribution in [0.15, 0.2) is 36.0 Å². The van der Waals surface area contributed by atoms with E-state index in [-0.39, 0.29) is 0 Å². The van der Waals surface area contributed by atoms with E-state index >= 15 is 0 Å². The van der Waals surface area contributed by atoms with Crippen molar-refractivity contribution in [1.82, 2.24) is 9.55 Å². The molecule has 2 aromatic heterocycles. The molecule has 0 atom stereocenters. The van der Waals surface area contributed by atoms with E-state index in [1.165, 1.54) is 45.0 Å². The Morgan fingerprint density at radius 2 is 2.09 bits per heavy atom. The highest BCUT2D eigenvalue weighted by Gasteiger charge is 2.37. The molecule has 3 aromatic rings. The van der Waals surface area contributed by atoms with Crippen molar-refractivity contribution in [2.45, 2.75) is 33.1 Å². The molecule has 114 valence electrons. The Morgan fingerprint density at radius 3 is 2.91 bits per heavy atom. The van der Waals surface area contributed by atoms with Crippen LogP contribution < -0.4 is 4.57 Å². The molecule has 5 rings (SSSR count). The first-order valence-electron chi connectivity index (χ1n) is 8.39. The van der Waals surface area contributed by atoms with E-state index in [0.717, 1.165) is 24.8 Å². The number of benzene rings is 1. The number of imidazole rings is 1. The fourth-order valence-corrected chi connectivity index (χ4v) is 4.37. The highest BCUT2D eigenvalue weighted by Crippen LogP contribution is 2.42. The van der Waals surface area contributed by atoms with Crippen molar-refractivity contribution in [1.29, 1.82) is 0 Å². The molecule has 2 aliphatic rings. The summed E-state index contributed by atoms with van der Waals surface area (Å²) >= 11 is 0. The number of aryl methyl sites for hydroxylation is 3. The van der Waals surface area contributed by atoms with Crippen LogP contribution in [0.2, 0.25) is 0 Å². The zero-order chi connectivity index (χ0) is 15.7. The molecule has 23 heavy (non-hydrogen) atoms. The quantitative estimate of drug-likeness (QED) is 0.633. The van der Waals surface area contributed by atoms with Crippen LogP contribution in [-0.2, 0) is 26.3 Å². The van der Waals surface area contributed by atoms with Gasteiger partial charge in [-0.25, -0.2) is 4.98 Å². The second-order valence-corrected chi connectivity index (χ2v) is 6.73. The summed E-state index contributed by atoms with van der Waals surface area (Å²) in [5, 5.41) is 0. The molecule has 0 bridgehead atoms. The third-order valence-corrected chi connectivity index (χ3v) is 5.46. The maximum Gasteiger partial charge on any atom is 0.232 e. The van der Waals surface area contributed by atoms with Gasteiger partial charge in [0.15, 0.2) is 6.20 Å². The molecule has 0 amide bonds. The molecule has 1 aromatic carbocycles. The minimum atomic E-state index is 0.986. The van der Waals surface area contributed by atoms with Crippen molar-refractivity contribution in [2.75, 3.05) is 0 Å². The molecule has 0 saturated carbocycles. The van der Waals surface area contributed by atoms with E-state index in [9.17, 15) is 0 Å². The third kappa shape index (κ3) is 1.55. The van der Waals surface area contributed by atoms with Gasteiger partial charge >= 0.3 is 0 Å². The monoisotopic (exact) mass is 302 g/mol. The number of allylic oxidation sites excluding steroid dienone is 1. The van der Waals surface area contributed by atoms with Gasteiger partial charge in [-0.3, -0.25) is 4.57 Å². The Balaban J connectivity index is 1.86. The Hall–Kier alpha value is -2.42. The SMILES string of the molecule is CCc1ccc2nc3n(c2c1C)C1=C(Cc2ccc[n+](C)c21)C3. The number of nitrogens with zero attached hydrogens (tertiary/aromatic N) is 3. The van der Waals surface area contributed by atoms with Gasteiger partial charge in [-0.2, -0.15) is 4.57 Å². The maximum atomic E-state index is 4.93. The molecule has 0 radical (unpaired) electrons. The number of rotatable bonds is 1. The fourth-order valence-electron chi connectivity index (χ4n) is 4.37. The van der Waals surface area contributed by atoms with Gasteiger partial charge in [0, 0.05) is 24.5 Å². The van der Waals surface area contributed by atoms with Crippen LogP contribution in [0.5, 0.6) is 0 Å². The van der Waals surface area contributed by atoms with Crippen molar-refractivity contribution in [3.8, 4) is 0 Å². The van der Waals surface area contributed by atoms with Gasteiger partial charge in [0.2, 0.25) is 5.69 Å². The summed E-state index contributed by atoms with van der Waals surface area (Å²) in [6, 6.07) is 8.83. The zero-order valence-electron chi connectivity index (χ0n) is 13.8. The van der Waals surface area contributed by atoms with E-state index in [1.54, 1.807) is 0 Å². The third-order valence-electron chi connectivity index (χ3n) is 5.46. The van der Waals surface area contributed by atoms with E-state index in [0.29, 0.717) is 0 Å². The van der Waals surface area contributed by atoms with E-state index in [1.807, 2.05) is 0 Å². The molecule has 1 aliphatic carbocycles. The van der Waals surface area contributed by atoms with Gasteiger partial charge < -0.3 is 0 Å². The topological polar surface area (TPSA) is 21.7 Å². The second-order valence-electron chi connectivity index (χ2n) is 6.73. The molecule has 1 aliphatic heterocycles. The first kappa shape index (κ1) is 13.1. The lowest BCUT2D eigenvalue weighted by Crippen LogP contribution is -2.33. The minimum Gasteiger partial charge on any atom is -0.290 e. The first-order chi connectivity index (χ1) is 11.2. The van der Waals surface area contributed by atoms with Gasteiger partial charge in [-0.1, -0.05) is 13.0 Å². The van der Waals surface area contributed by atoms with Crippen molar-refractivity contribution < 1.29 is 4.57 Å². The molecule has 0 fully saturated rings. The standard InChI is InChI=1S/C20H20N3/c1-4-13-7-8-16-18(12(13)2)23-17(21-16)11-15-10-14-6-5-9-22(3)19(14)20(15)23/h5-9H,4,10-11H2,1-3H3/q+1. The number of fused-ring (bicyclic) bond motifs is 6. The largest absolute Gasteiger partial charge is 0.290 e. The summed E-state index contributed by atoms with van der Waals surface area (Å²) in [4.78, 5) is 4.93. The average Bonchev–Trinajstić information content (AvgIpc) is 3.14. The first-order valence-corrected chi connectivity index (χ1v) is 8.39. The van der Waals surface area contributed by atoms with Crippen LogP contribution in [-0.4, -0.2) is 9.55 Å². The summed E-state index contributed by atoms with van der Waals surface area (Å²) in [5.41, 5.74) is 11.0. The molecular weight excluding hydrogens is 282 g/mol. The minimum absolute atomic E-state index is 0.986. The Morgan fingerprint density at radius 1 is 1.22 bits per heavy atom. The number of pyridine rings is 1. The second kappa shape index (κ2) is 4.31. The summed E-state index contributed by atoms with van der Waals surface area (Å²) in [5.74, 6) is 1.20. The van der Waals surface area contributed by atoms with Crippen LogP contribution in [0.25, 0.3) is 16.7 Å².